The van der Waals surface area contributed by atoms with Gasteiger partial charge in [0.1, 0.15) is 6.04 Å². The Kier molecular flexibility index (Phi) is 5.81. The number of urea groups is 1. The molecule has 29 heavy (non-hydrogen) atoms. The van der Waals surface area contributed by atoms with Gasteiger partial charge in [0.25, 0.3) is 0 Å². The Bertz CT molecular complexity index is 912. The van der Waals surface area contributed by atoms with Gasteiger partial charge in [0, 0.05) is 12.2 Å². The van der Waals surface area contributed by atoms with Crippen molar-refractivity contribution in [3.8, 4) is 0 Å². The minimum Gasteiger partial charge on any atom is -0.326 e. The van der Waals surface area contributed by atoms with Gasteiger partial charge in [-0.2, -0.15) is 13.2 Å². The lowest BCUT2D eigenvalue weighted by molar-refractivity contribution is -0.137. The van der Waals surface area contributed by atoms with Crippen LogP contribution in [0.3, 0.4) is 0 Å². The zero-order chi connectivity index (χ0) is 21.2. The molecule has 0 spiro atoms. The van der Waals surface area contributed by atoms with E-state index < -0.39 is 23.8 Å². The van der Waals surface area contributed by atoms with Crippen molar-refractivity contribution in [3.63, 3.8) is 0 Å². The van der Waals surface area contributed by atoms with Crippen LogP contribution in [0.1, 0.15) is 25.0 Å². The standard InChI is InChI=1S/C21H22F3N3O2/c1-13(2)18(19(28)27-12-11-14-7-3-6-10-17(14)27)26-20(29)25-16-9-5-4-8-15(16)21(22,23)24/h3-10,13,18H,11-12H2,1-2H3,(H2,25,26,29)/t18-/m0/s1. The van der Waals surface area contributed by atoms with Crippen LogP contribution in [-0.4, -0.2) is 24.5 Å². The number of rotatable bonds is 4. The molecule has 2 aromatic rings. The van der Waals surface area contributed by atoms with Gasteiger partial charge in [-0.3, -0.25) is 4.79 Å². The Morgan fingerprint density at radius 1 is 1.03 bits per heavy atom. The minimum absolute atomic E-state index is 0.251. The second-order valence-corrected chi connectivity index (χ2v) is 7.23. The van der Waals surface area contributed by atoms with Gasteiger partial charge in [0.05, 0.1) is 11.3 Å². The van der Waals surface area contributed by atoms with E-state index in [1.807, 2.05) is 24.3 Å². The molecule has 0 aliphatic carbocycles. The first-order chi connectivity index (χ1) is 13.7. The van der Waals surface area contributed by atoms with Crippen LogP contribution in [0.4, 0.5) is 29.3 Å². The molecule has 1 heterocycles. The predicted molar refractivity (Wildman–Crippen MR) is 105 cm³/mol. The SMILES string of the molecule is CC(C)[C@H](NC(=O)Nc1ccccc1C(F)(F)F)C(=O)N1CCc2ccccc21. The van der Waals surface area contributed by atoms with Gasteiger partial charge in [-0.15, -0.1) is 0 Å². The molecule has 0 aromatic heterocycles. The summed E-state index contributed by atoms with van der Waals surface area (Å²) < 4.78 is 39.4. The summed E-state index contributed by atoms with van der Waals surface area (Å²) >= 11 is 0. The second-order valence-electron chi connectivity index (χ2n) is 7.23. The molecule has 3 rings (SSSR count). The average molecular weight is 405 g/mol. The molecule has 154 valence electrons. The molecule has 2 aromatic carbocycles. The van der Waals surface area contributed by atoms with Crippen molar-refractivity contribution in [1.82, 2.24) is 5.32 Å². The maximum atomic E-state index is 13.1. The van der Waals surface area contributed by atoms with Gasteiger partial charge in [0.15, 0.2) is 0 Å². The topological polar surface area (TPSA) is 61.4 Å². The normalized spacial score (nSPS) is 14.5. The third-order valence-electron chi connectivity index (χ3n) is 4.85. The van der Waals surface area contributed by atoms with E-state index in [1.54, 1.807) is 18.7 Å². The number of amides is 3. The molecule has 0 saturated heterocycles. The van der Waals surface area contributed by atoms with E-state index in [-0.39, 0.29) is 17.5 Å². The quantitative estimate of drug-likeness (QED) is 0.790. The number of carbonyl (C=O) groups is 2. The largest absolute Gasteiger partial charge is 0.418 e. The van der Waals surface area contributed by atoms with E-state index in [1.165, 1.54) is 18.2 Å². The molecule has 3 amide bonds. The number of benzene rings is 2. The molecular formula is C21H22F3N3O2. The monoisotopic (exact) mass is 405 g/mol. The van der Waals surface area contributed by atoms with Crippen molar-refractivity contribution >= 4 is 23.3 Å². The van der Waals surface area contributed by atoms with Crippen molar-refractivity contribution < 1.29 is 22.8 Å². The van der Waals surface area contributed by atoms with Crippen LogP contribution in [-0.2, 0) is 17.4 Å². The van der Waals surface area contributed by atoms with Crippen molar-refractivity contribution in [3.05, 3.63) is 59.7 Å². The Labute approximate surface area is 166 Å². The summed E-state index contributed by atoms with van der Waals surface area (Å²) in [6, 6.07) is 10.5. The van der Waals surface area contributed by atoms with E-state index in [0.717, 1.165) is 23.7 Å². The molecule has 1 atom stereocenters. The van der Waals surface area contributed by atoms with E-state index >= 15 is 0 Å². The first kappa shape index (κ1) is 20.7. The lowest BCUT2D eigenvalue weighted by Crippen LogP contribution is -2.52. The zero-order valence-electron chi connectivity index (χ0n) is 16.1. The number of alkyl halides is 3. The molecule has 5 nitrogen and oxygen atoms in total. The molecule has 0 radical (unpaired) electrons. The summed E-state index contributed by atoms with van der Waals surface area (Å²) in [5.74, 6) is -0.539. The van der Waals surface area contributed by atoms with E-state index in [9.17, 15) is 22.8 Å². The number of fused-ring (bicyclic) bond motifs is 1. The highest BCUT2D eigenvalue weighted by Crippen LogP contribution is 2.34. The third kappa shape index (κ3) is 4.52. The second kappa shape index (κ2) is 8.14. The number of nitrogens with one attached hydrogen (secondary N) is 2. The van der Waals surface area contributed by atoms with Crippen molar-refractivity contribution in [1.29, 1.82) is 0 Å². The van der Waals surface area contributed by atoms with E-state index in [0.29, 0.717) is 6.54 Å². The number of carbonyl (C=O) groups excluding carboxylic acids is 2. The molecule has 0 unspecified atom stereocenters. The van der Waals surface area contributed by atoms with E-state index in [4.69, 9.17) is 0 Å². The van der Waals surface area contributed by atoms with Crippen LogP contribution >= 0.6 is 0 Å². The average Bonchev–Trinajstić information content (AvgIpc) is 3.09. The molecule has 2 N–H and O–H groups in total. The Hall–Kier alpha value is -3.03. The van der Waals surface area contributed by atoms with Gasteiger partial charge in [0.2, 0.25) is 5.91 Å². The molecule has 0 bridgehead atoms. The van der Waals surface area contributed by atoms with Crippen LogP contribution in [0, 0.1) is 5.92 Å². The highest BCUT2D eigenvalue weighted by Gasteiger charge is 2.35. The molecule has 1 aliphatic rings. The number of para-hydroxylation sites is 2. The number of hydrogen-bond donors (Lipinski definition) is 2. The summed E-state index contributed by atoms with van der Waals surface area (Å²) in [6.45, 7) is 4.05. The van der Waals surface area contributed by atoms with Gasteiger partial charge >= 0.3 is 12.2 Å². The molecule has 8 heteroatoms. The zero-order valence-corrected chi connectivity index (χ0v) is 16.1. The number of hydrogen-bond acceptors (Lipinski definition) is 2. The van der Waals surface area contributed by atoms with Gasteiger partial charge in [-0.25, -0.2) is 4.79 Å². The lowest BCUT2D eigenvalue weighted by Gasteiger charge is -2.27. The van der Waals surface area contributed by atoms with Crippen LogP contribution in [0.25, 0.3) is 0 Å². The van der Waals surface area contributed by atoms with Crippen LogP contribution in [0.5, 0.6) is 0 Å². The molecule has 1 aliphatic heterocycles. The minimum atomic E-state index is -4.60. The number of halogens is 3. The van der Waals surface area contributed by atoms with Gasteiger partial charge in [-0.1, -0.05) is 44.2 Å². The molecular weight excluding hydrogens is 383 g/mol. The maximum absolute atomic E-state index is 13.1. The van der Waals surface area contributed by atoms with Gasteiger partial charge < -0.3 is 15.5 Å². The summed E-state index contributed by atoms with van der Waals surface area (Å²) in [7, 11) is 0. The molecule has 0 saturated carbocycles. The first-order valence-corrected chi connectivity index (χ1v) is 9.31. The third-order valence-corrected chi connectivity index (χ3v) is 4.85. The summed E-state index contributed by atoms with van der Waals surface area (Å²) in [6.07, 6.45) is -3.88. The number of nitrogens with zero attached hydrogens (tertiary/aromatic N) is 1. The first-order valence-electron chi connectivity index (χ1n) is 9.31. The summed E-state index contributed by atoms with van der Waals surface area (Å²) in [5, 5.41) is 4.77. The molecule has 0 fully saturated rings. The Morgan fingerprint density at radius 2 is 1.69 bits per heavy atom. The van der Waals surface area contributed by atoms with Crippen molar-refractivity contribution in [2.75, 3.05) is 16.8 Å². The van der Waals surface area contributed by atoms with Crippen LogP contribution in [0.2, 0.25) is 0 Å². The summed E-state index contributed by atoms with van der Waals surface area (Å²) in [4.78, 5) is 27.1. The highest BCUT2D eigenvalue weighted by molar-refractivity contribution is 6.02. The van der Waals surface area contributed by atoms with E-state index in [2.05, 4.69) is 10.6 Å². The lowest BCUT2D eigenvalue weighted by atomic mass is 10.0. The van der Waals surface area contributed by atoms with Gasteiger partial charge in [-0.05, 0) is 36.1 Å². The van der Waals surface area contributed by atoms with Crippen LogP contribution < -0.4 is 15.5 Å². The van der Waals surface area contributed by atoms with Crippen molar-refractivity contribution in [2.45, 2.75) is 32.5 Å². The Morgan fingerprint density at radius 3 is 2.38 bits per heavy atom. The Balaban J connectivity index is 1.75. The smallest absolute Gasteiger partial charge is 0.326 e. The summed E-state index contributed by atoms with van der Waals surface area (Å²) in [5.41, 5.74) is 0.537. The number of anilines is 2. The maximum Gasteiger partial charge on any atom is 0.418 e. The highest BCUT2D eigenvalue weighted by atomic mass is 19.4. The predicted octanol–water partition coefficient (Wildman–Crippen LogP) is 4.44. The fourth-order valence-corrected chi connectivity index (χ4v) is 3.39. The fraction of sp³-hybridized carbons (Fsp3) is 0.333. The van der Waals surface area contributed by atoms with Crippen molar-refractivity contribution in [2.24, 2.45) is 5.92 Å². The fourth-order valence-electron chi connectivity index (χ4n) is 3.39. The van der Waals surface area contributed by atoms with Crippen LogP contribution in [0.15, 0.2) is 48.5 Å².